The van der Waals surface area contributed by atoms with E-state index in [9.17, 15) is 4.79 Å². The molecule has 0 N–H and O–H groups in total. The third kappa shape index (κ3) is 10.9. The number of carbonyl (C=O) groups is 1. The first-order chi connectivity index (χ1) is 17.5. The molecule has 0 aromatic heterocycles. The molecule has 1 rings (SSSR count). The zero-order valence-electron chi connectivity index (χ0n) is 26.5. The fourth-order valence-corrected chi connectivity index (χ4v) is 27.2. The van der Waals surface area contributed by atoms with E-state index in [1.54, 1.807) is 0 Å². The summed E-state index contributed by atoms with van der Waals surface area (Å²) in [5.41, 5.74) is 1.80. The summed E-state index contributed by atoms with van der Waals surface area (Å²) in [5.74, 6) is 0.692. The number of hydrogen-bond acceptors (Lipinski definition) is 3. The quantitative estimate of drug-likeness (QED) is 0.104. The van der Waals surface area contributed by atoms with Crippen LogP contribution >= 0.6 is 0 Å². The topological polar surface area (TPSA) is 35.5 Å². The van der Waals surface area contributed by atoms with Gasteiger partial charge in [-0.05, 0) is 0 Å². The molecule has 0 radical (unpaired) electrons. The number of esters is 1. The van der Waals surface area contributed by atoms with E-state index in [2.05, 4.69) is 79.4 Å². The van der Waals surface area contributed by atoms with E-state index >= 15 is 0 Å². The van der Waals surface area contributed by atoms with Crippen molar-refractivity contribution in [3.05, 3.63) is 10.2 Å². The van der Waals surface area contributed by atoms with Gasteiger partial charge in [0.1, 0.15) is 0 Å². The molecule has 3 atom stereocenters. The van der Waals surface area contributed by atoms with Gasteiger partial charge in [0.2, 0.25) is 0 Å². The van der Waals surface area contributed by atoms with Crippen molar-refractivity contribution >= 4 is 32.7 Å². The number of cyclic esters (lactones) is 1. The zero-order chi connectivity index (χ0) is 28.1. The molecular formula is C32H64O3SiSn. The van der Waals surface area contributed by atoms with Crippen molar-refractivity contribution in [3.63, 3.8) is 0 Å². The summed E-state index contributed by atoms with van der Waals surface area (Å²) in [7, 11) is -1.86. The number of carbonyl (C=O) groups excluding carboxylic acids is 1. The second-order valence-electron chi connectivity index (χ2n) is 13.2. The predicted molar refractivity (Wildman–Crippen MR) is 167 cm³/mol. The van der Waals surface area contributed by atoms with Gasteiger partial charge in [-0.3, -0.25) is 0 Å². The molecule has 0 aliphatic carbocycles. The Hall–Kier alpha value is 0.186. The van der Waals surface area contributed by atoms with Gasteiger partial charge in [0.25, 0.3) is 0 Å². The van der Waals surface area contributed by atoms with Gasteiger partial charge >= 0.3 is 238 Å². The molecule has 0 unspecified atom stereocenters. The Labute approximate surface area is 237 Å². The Balaban J connectivity index is 2.90. The van der Waals surface area contributed by atoms with Gasteiger partial charge < -0.3 is 0 Å². The standard InChI is InChI=1S/C20H37O3Si.3C4H9.Sn/c1-9-17(8)19-12-18(13-20(21)23-19)10-11-22-24(14(2)3,15(4)5)16(6)7;3*1-3-4-2;/h1,9,14-19H,10-13H2,2-8H3;3*1,3-4H2,2H3;/t17-,18-,19-;;;;/m1..../s1. The SMILES string of the molecule is CCC[CH2][Sn](/[CH]=C/[C@@H](C)[C@H]1C[C@@H](CCO[Si](C(C)C)(C(C)C)C(C)C)CC(=O)O1)([CH2]CCC)[CH2]CCC. The summed E-state index contributed by atoms with van der Waals surface area (Å²) in [4.78, 5) is 12.6. The van der Waals surface area contributed by atoms with Crippen molar-refractivity contribution in [2.75, 3.05) is 6.61 Å². The minimum atomic E-state index is -2.32. The molecule has 1 aliphatic rings. The van der Waals surface area contributed by atoms with Gasteiger partial charge in [0.05, 0.1) is 0 Å². The van der Waals surface area contributed by atoms with E-state index in [1.807, 2.05) is 0 Å². The minimum absolute atomic E-state index is 0.000636. The molecule has 1 saturated heterocycles. The number of unbranched alkanes of at least 4 members (excludes halogenated alkanes) is 3. The van der Waals surface area contributed by atoms with Crippen molar-refractivity contribution in [1.82, 2.24) is 0 Å². The van der Waals surface area contributed by atoms with Crippen LogP contribution in [0, 0.1) is 11.8 Å². The van der Waals surface area contributed by atoms with Crippen molar-refractivity contribution in [2.45, 2.75) is 163 Å². The third-order valence-corrected chi connectivity index (χ3v) is 29.6. The van der Waals surface area contributed by atoms with E-state index in [1.165, 1.54) is 51.8 Å². The van der Waals surface area contributed by atoms with Crippen molar-refractivity contribution in [3.8, 4) is 0 Å². The summed E-state index contributed by atoms with van der Waals surface area (Å²) in [6.07, 6.45) is 13.1. The molecule has 218 valence electrons. The fourth-order valence-electron chi connectivity index (χ4n) is 7.05. The molecule has 0 bridgehead atoms. The van der Waals surface area contributed by atoms with Crippen LogP contribution in [0.4, 0.5) is 0 Å². The van der Waals surface area contributed by atoms with Gasteiger partial charge in [-0.2, -0.15) is 0 Å². The van der Waals surface area contributed by atoms with Crippen LogP contribution in [0.25, 0.3) is 0 Å². The summed E-state index contributed by atoms with van der Waals surface area (Å²) >= 11 is -2.32. The predicted octanol–water partition coefficient (Wildman–Crippen LogP) is 10.5. The van der Waals surface area contributed by atoms with Crippen molar-refractivity contribution in [1.29, 1.82) is 0 Å². The van der Waals surface area contributed by atoms with Crippen molar-refractivity contribution in [2.24, 2.45) is 11.8 Å². The third-order valence-electron chi connectivity index (χ3n) is 9.31. The van der Waals surface area contributed by atoms with E-state index in [-0.39, 0.29) is 12.1 Å². The summed E-state index contributed by atoms with van der Waals surface area (Å²) in [6.45, 7) is 24.2. The maximum atomic E-state index is 12.6. The molecule has 3 nitrogen and oxygen atoms in total. The first-order valence-electron chi connectivity index (χ1n) is 16.0. The Morgan fingerprint density at radius 1 is 0.892 bits per heavy atom. The van der Waals surface area contributed by atoms with E-state index in [4.69, 9.17) is 9.16 Å². The normalized spacial score (nSPS) is 20.4. The molecule has 0 aromatic rings. The van der Waals surface area contributed by atoms with Crippen LogP contribution in [0.15, 0.2) is 10.2 Å². The number of rotatable bonds is 19. The summed E-state index contributed by atoms with van der Waals surface area (Å²) < 4.78 is 20.0. The molecule has 0 spiro atoms. The van der Waals surface area contributed by atoms with Crippen LogP contribution in [0.5, 0.6) is 0 Å². The zero-order valence-corrected chi connectivity index (χ0v) is 30.4. The van der Waals surface area contributed by atoms with E-state index < -0.39 is 26.7 Å². The Morgan fingerprint density at radius 3 is 1.81 bits per heavy atom. The van der Waals surface area contributed by atoms with Gasteiger partial charge in [0.15, 0.2) is 0 Å². The van der Waals surface area contributed by atoms with E-state index in [0.29, 0.717) is 34.9 Å². The molecule has 0 amide bonds. The maximum absolute atomic E-state index is 12.6. The average Bonchev–Trinajstić information content (AvgIpc) is 2.84. The number of hydrogen-bond donors (Lipinski definition) is 0. The first-order valence-corrected chi connectivity index (χ1v) is 25.8. The first kappa shape index (κ1) is 35.2. The van der Waals surface area contributed by atoms with Crippen LogP contribution in [-0.2, 0) is 14.0 Å². The molecule has 37 heavy (non-hydrogen) atoms. The molecular weight excluding hydrogens is 579 g/mol. The molecule has 5 heteroatoms. The Kier molecular flexibility index (Phi) is 16.9. The van der Waals surface area contributed by atoms with Crippen LogP contribution in [-0.4, -0.2) is 45.4 Å². The van der Waals surface area contributed by atoms with Gasteiger partial charge in [-0.15, -0.1) is 0 Å². The van der Waals surface area contributed by atoms with Crippen molar-refractivity contribution < 1.29 is 14.0 Å². The average molecular weight is 644 g/mol. The van der Waals surface area contributed by atoms with Crippen LogP contribution < -0.4 is 0 Å². The van der Waals surface area contributed by atoms with Gasteiger partial charge in [-0.25, -0.2) is 0 Å². The second kappa shape index (κ2) is 17.8. The van der Waals surface area contributed by atoms with Crippen LogP contribution in [0.1, 0.15) is 127 Å². The second-order valence-corrected chi connectivity index (χ2v) is 31.6. The summed E-state index contributed by atoms with van der Waals surface area (Å²) in [5, 5.41) is 0. The summed E-state index contributed by atoms with van der Waals surface area (Å²) in [6, 6.07) is 0. The number of ether oxygens (including phenoxy) is 1. The van der Waals surface area contributed by atoms with E-state index in [0.717, 1.165) is 19.4 Å². The molecule has 1 heterocycles. The molecule has 0 aromatic carbocycles. The fraction of sp³-hybridized carbons (Fsp3) is 0.906. The van der Waals surface area contributed by atoms with Gasteiger partial charge in [-0.1, -0.05) is 0 Å². The molecule has 1 fully saturated rings. The Bertz CT molecular complexity index is 617. The van der Waals surface area contributed by atoms with Gasteiger partial charge in [0, 0.05) is 0 Å². The Morgan fingerprint density at radius 2 is 1.38 bits per heavy atom. The van der Waals surface area contributed by atoms with Crippen LogP contribution in [0.3, 0.4) is 0 Å². The monoisotopic (exact) mass is 644 g/mol. The van der Waals surface area contributed by atoms with Crippen LogP contribution in [0.2, 0.25) is 29.9 Å². The molecule has 1 aliphatic heterocycles. The molecule has 0 saturated carbocycles.